The van der Waals surface area contributed by atoms with Crippen molar-refractivity contribution in [2.75, 3.05) is 36.0 Å². The number of piperidine rings is 2. The maximum Gasteiger partial charge on any atom is 0.146 e. The van der Waals surface area contributed by atoms with Gasteiger partial charge in [-0.05, 0) is 72.6 Å². The van der Waals surface area contributed by atoms with Crippen molar-refractivity contribution in [1.82, 2.24) is 0 Å². The van der Waals surface area contributed by atoms with Crippen LogP contribution in [0.1, 0.15) is 38.5 Å². The third-order valence-electron chi connectivity index (χ3n) is 7.68. The molecule has 0 atom stereocenters. The van der Waals surface area contributed by atoms with Crippen LogP contribution in [0, 0.1) is 0 Å². The van der Waals surface area contributed by atoms with E-state index in [-0.39, 0.29) is 0 Å². The molecule has 2 fully saturated rings. The summed E-state index contributed by atoms with van der Waals surface area (Å²) < 4.78 is 0. The van der Waals surface area contributed by atoms with E-state index in [1.54, 1.807) is 0 Å². The smallest absolute Gasteiger partial charge is 0.146 e. The van der Waals surface area contributed by atoms with Gasteiger partial charge < -0.3 is 20.0 Å². The van der Waals surface area contributed by atoms with Gasteiger partial charge >= 0.3 is 0 Å². The first-order valence-electron chi connectivity index (χ1n) is 12.7. The highest BCUT2D eigenvalue weighted by atomic mass is 16.3. The largest absolute Gasteiger partial charge is 0.505 e. The summed E-state index contributed by atoms with van der Waals surface area (Å²) in [5.74, 6) is 0.751. The topological polar surface area (TPSA) is 46.9 Å². The van der Waals surface area contributed by atoms with Gasteiger partial charge in [0.1, 0.15) is 11.5 Å². The summed E-state index contributed by atoms with van der Waals surface area (Å²) in [6.07, 6.45) is 7.12. The predicted octanol–water partition coefficient (Wildman–Crippen LogP) is 7.05. The number of phenolic OH excluding ortho intramolecular Hbond substituents is 2. The van der Waals surface area contributed by atoms with Gasteiger partial charge in [0, 0.05) is 37.0 Å². The van der Waals surface area contributed by atoms with Crippen LogP contribution in [0.25, 0.3) is 32.7 Å². The van der Waals surface area contributed by atoms with Crippen LogP contribution in [0.4, 0.5) is 11.4 Å². The van der Waals surface area contributed by atoms with Crippen molar-refractivity contribution >= 4 is 32.9 Å². The number of nitrogens with zero attached hydrogens (tertiary/aromatic N) is 2. The summed E-state index contributed by atoms with van der Waals surface area (Å²) in [7, 11) is 0. The van der Waals surface area contributed by atoms with Gasteiger partial charge in [0.15, 0.2) is 0 Å². The molecular formula is C30H32N2O2. The lowest BCUT2D eigenvalue weighted by Gasteiger charge is -2.31. The Hall–Kier alpha value is -3.40. The third-order valence-corrected chi connectivity index (χ3v) is 7.68. The van der Waals surface area contributed by atoms with Crippen molar-refractivity contribution in [2.24, 2.45) is 0 Å². The molecule has 0 radical (unpaired) electrons. The number of phenols is 2. The summed E-state index contributed by atoms with van der Waals surface area (Å²) in [5.41, 5.74) is 4.07. The van der Waals surface area contributed by atoms with E-state index in [0.29, 0.717) is 11.5 Å². The molecular weight excluding hydrogens is 420 g/mol. The number of fused-ring (bicyclic) bond motifs is 2. The summed E-state index contributed by atoms with van der Waals surface area (Å²) in [5, 5.41) is 26.5. The second-order valence-electron chi connectivity index (χ2n) is 9.77. The highest BCUT2D eigenvalue weighted by Gasteiger charge is 2.23. The zero-order valence-electron chi connectivity index (χ0n) is 19.6. The first-order chi connectivity index (χ1) is 16.7. The van der Waals surface area contributed by atoms with Gasteiger partial charge in [0.25, 0.3) is 0 Å². The average molecular weight is 453 g/mol. The molecule has 4 nitrogen and oxygen atoms in total. The van der Waals surface area contributed by atoms with Crippen LogP contribution >= 0.6 is 0 Å². The number of hydrogen-bond donors (Lipinski definition) is 2. The minimum Gasteiger partial charge on any atom is -0.505 e. The number of benzene rings is 4. The van der Waals surface area contributed by atoms with Crippen molar-refractivity contribution < 1.29 is 10.2 Å². The van der Waals surface area contributed by atoms with E-state index >= 15 is 0 Å². The minimum absolute atomic E-state index is 0.376. The molecule has 4 aromatic rings. The molecule has 0 spiro atoms. The Bertz CT molecular complexity index is 1250. The molecule has 0 amide bonds. The fourth-order valence-electron chi connectivity index (χ4n) is 5.89. The fraction of sp³-hybridized carbons (Fsp3) is 0.333. The molecule has 2 saturated heterocycles. The quantitative estimate of drug-likeness (QED) is 0.350. The lowest BCUT2D eigenvalue weighted by Crippen LogP contribution is -2.29. The monoisotopic (exact) mass is 452 g/mol. The van der Waals surface area contributed by atoms with E-state index in [4.69, 9.17) is 0 Å². The molecule has 2 N–H and O–H groups in total. The second kappa shape index (κ2) is 8.75. The van der Waals surface area contributed by atoms with Crippen LogP contribution in [0.5, 0.6) is 11.5 Å². The molecule has 2 aliphatic rings. The SMILES string of the molecule is Oc1c(N2CCCCC2)cc(-c2cc(N3CCCCC3)c(O)c3ccccc23)c2ccccc12. The maximum absolute atomic E-state index is 11.3. The zero-order valence-corrected chi connectivity index (χ0v) is 19.6. The van der Waals surface area contributed by atoms with Gasteiger partial charge in [0.05, 0.1) is 11.4 Å². The van der Waals surface area contributed by atoms with Crippen LogP contribution in [-0.2, 0) is 0 Å². The summed E-state index contributed by atoms with van der Waals surface area (Å²) in [4.78, 5) is 4.67. The first kappa shape index (κ1) is 21.2. The van der Waals surface area contributed by atoms with Crippen LogP contribution in [-0.4, -0.2) is 36.4 Å². The fourth-order valence-corrected chi connectivity index (χ4v) is 5.89. The van der Waals surface area contributed by atoms with Crippen LogP contribution in [0.15, 0.2) is 60.7 Å². The highest BCUT2D eigenvalue weighted by Crippen LogP contribution is 2.47. The highest BCUT2D eigenvalue weighted by molar-refractivity contribution is 6.12. The van der Waals surface area contributed by atoms with Gasteiger partial charge in [0.2, 0.25) is 0 Å². The summed E-state index contributed by atoms with van der Waals surface area (Å²) in [6.45, 7) is 3.89. The average Bonchev–Trinajstić information content (AvgIpc) is 2.91. The van der Waals surface area contributed by atoms with E-state index in [0.717, 1.165) is 95.9 Å². The molecule has 2 aliphatic heterocycles. The lowest BCUT2D eigenvalue weighted by molar-refractivity contribution is 0.475. The zero-order chi connectivity index (χ0) is 23.1. The van der Waals surface area contributed by atoms with E-state index in [1.807, 2.05) is 36.4 Å². The Morgan fingerprint density at radius 2 is 0.824 bits per heavy atom. The van der Waals surface area contributed by atoms with Crippen molar-refractivity contribution in [3.8, 4) is 22.6 Å². The van der Waals surface area contributed by atoms with Crippen LogP contribution < -0.4 is 9.80 Å². The number of hydrogen-bond acceptors (Lipinski definition) is 4. The van der Waals surface area contributed by atoms with E-state index in [9.17, 15) is 10.2 Å². The molecule has 4 heteroatoms. The van der Waals surface area contributed by atoms with Gasteiger partial charge in [-0.15, -0.1) is 0 Å². The Labute approximate surface area is 201 Å². The first-order valence-corrected chi connectivity index (χ1v) is 12.7. The van der Waals surface area contributed by atoms with Crippen molar-refractivity contribution in [2.45, 2.75) is 38.5 Å². The normalized spacial score (nSPS) is 16.9. The number of rotatable bonds is 3. The van der Waals surface area contributed by atoms with Gasteiger partial charge in [-0.3, -0.25) is 0 Å². The number of anilines is 2. The van der Waals surface area contributed by atoms with Crippen molar-refractivity contribution in [1.29, 1.82) is 0 Å². The summed E-state index contributed by atoms with van der Waals surface area (Å²) in [6, 6.07) is 20.7. The third kappa shape index (κ3) is 3.53. The Balaban J connectivity index is 1.64. The van der Waals surface area contributed by atoms with E-state index in [2.05, 4.69) is 34.1 Å². The van der Waals surface area contributed by atoms with Crippen LogP contribution in [0.3, 0.4) is 0 Å². The molecule has 174 valence electrons. The molecule has 4 aromatic carbocycles. The lowest BCUT2D eigenvalue weighted by atomic mass is 9.91. The summed E-state index contributed by atoms with van der Waals surface area (Å²) >= 11 is 0. The maximum atomic E-state index is 11.3. The standard InChI is InChI=1S/C30H32N2O2/c33-29-23-13-5-3-11-21(23)25(19-27(29)31-15-7-1-8-16-31)26-20-28(32-17-9-2-10-18-32)30(34)24-14-6-4-12-22(24)26/h3-6,11-14,19-20,33-34H,1-2,7-10,15-18H2. The molecule has 0 aliphatic carbocycles. The van der Waals surface area contributed by atoms with Crippen molar-refractivity contribution in [3.05, 3.63) is 60.7 Å². The van der Waals surface area contributed by atoms with E-state index in [1.165, 1.54) is 12.8 Å². The Morgan fingerprint density at radius 1 is 0.471 bits per heavy atom. The number of aromatic hydroxyl groups is 2. The predicted molar refractivity (Wildman–Crippen MR) is 142 cm³/mol. The molecule has 0 bridgehead atoms. The van der Waals surface area contributed by atoms with Gasteiger partial charge in [-0.1, -0.05) is 48.5 Å². The molecule has 6 rings (SSSR count). The van der Waals surface area contributed by atoms with Gasteiger partial charge in [-0.25, -0.2) is 0 Å². The van der Waals surface area contributed by atoms with Gasteiger partial charge in [-0.2, -0.15) is 0 Å². The van der Waals surface area contributed by atoms with E-state index < -0.39 is 0 Å². The Kier molecular flexibility index (Phi) is 5.44. The van der Waals surface area contributed by atoms with Crippen LogP contribution in [0.2, 0.25) is 0 Å². The molecule has 0 unspecified atom stereocenters. The minimum atomic E-state index is 0.376. The van der Waals surface area contributed by atoms with Crippen molar-refractivity contribution in [3.63, 3.8) is 0 Å². The molecule has 2 heterocycles. The Morgan fingerprint density at radius 3 is 1.21 bits per heavy atom. The second-order valence-corrected chi connectivity index (χ2v) is 9.77. The molecule has 34 heavy (non-hydrogen) atoms. The molecule has 0 aromatic heterocycles. The molecule has 0 saturated carbocycles.